The van der Waals surface area contributed by atoms with Crippen LogP contribution in [0, 0.1) is 0 Å². The van der Waals surface area contributed by atoms with E-state index in [1.165, 1.54) is 11.1 Å². The summed E-state index contributed by atoms with van der Waals surface area (Å²) in [5.74, 6) is 0.940. The minimum Gasteiger partial charge on any atom is -0.491 e. The van der Waals surface area contributed by atoms with Crippen LogP contribution in [0.4, 0.5) is 0 Å². The molecular weight excluding hydrogens is 334 g/mol. The molecule has 0 N–H and O–H groups in total. The summed E-state index contributed by atoms with van der Waals surface area (Å²) in [6.07, 6.45) is 2.01. The molecule has 0 unspecified atom stereocenters. The highest BCUT2D eigenvalue weighted by atomic mass is 16.5. The zero-order chi connectivity index (χ0) is 18.5. The van der Waals surface area contributed by atoms with E-state index in [1.807, 2.05) is 65.6 Å². The van der Waals surface area contributed by atoms with Crippen molar-refractivity contribution >= 4 is 5.91 Å². The van der Waals surface area contributed by atoms with Gasteiger partial charge >= 0.3 is 0 Å². The fourth-order valence-electron chi connectivity index (χ4n) is 3.59. The minimum absolute atomic E-state index is 0.0983. The Morgan fingerprint density at radius 2 is 1.48 bits per heavy atom. The van der Waals surface area contributed by atoms with Gasteiger partial charge in [0.05, 0.1) is 6.04 Å². The van der Waals surface area contributed by atoms with E-state index >= 15 is 0 Å². The fourth-order valence-corrected chi connectivity index (χ4v) is 3.59. The lowest BCUT2D eigenvalue weighted by Crippen LogP contribution is -2.39. The van der Waals surface area contributed by atoms with Crippen molar-refractivity contribution in [3.63, 3.8) is 0 Å². The van der Waals surface area contributed by atoms with Gasteiger partial charge in [0.2, 0.25) is 0 Å². The second-order valence-electron chi connectivity index (χ2n) is 6.86. The Kier molecular flexibility index (Phi) is 5.20. The maximum Gasteiger partial charge on any atom is 0.254 e. The summed E-state index contributed by atoms with van der Waals surface area (Å²) in [4.78, 5) is 14.7. The number of ether oxygens (including phenoxy) is 1. The van der Waals surface area contributed by atoms with E-state index in [0.29, 0.717) is 6.61 Å². The zero-order valence-corrected chi connectivity index (χ0v) is 15.3. The molecule has 1 amide bonds. The Bertz CT molecular complexity index is 875. The van der Waals surface area contributed by atoms with Crippen LogP contribution >= 0.6 is 0 Å². The Morgan fingerprint density at radius 3 is 2.19 bits per heavy atom. The Labute approximate surface area is 160 Å². The van der Waals surface area contributed by atoms with Crippen molar-refractivity contribution in [1.82, 2.24) is 4.90 Å². The van der Waals surface area contributed by atoms with Crippen LogP contribution < -0.4 is 4.74 Å². The van der Waals surface area contributed by atoms with E-state index in [-0.39, 0.29) is 11.9 Å². The predicted molar refractivity (Wildman–Crippen MR) is 108 cm³/mol. The monoisotopic (exact) mass is 357 g/mol. The molecule has 3 aromatic rings. The summed E-state index contributed by atoms with van der Waals surface area (Å²) in [5, 5.41) is 0. The van der Waals surface area contributed by atoms with Gasteiger partial charge in [0.1, 0.15) is 12.4 Å². The van der Waals surface area contributed by atoms with Crippen LogP contribution in [0.5, 0.6) is 5.75 Å². The zero-order valence-electron chi connectivity index (χ0n) is 15.3. The molecule has 1 aliphatic rings. The summed E-state index contributed by atoms with van der Waals surface area (Å²) in [5.41, 5.74) is 3.11. The number of carbonyl (C=O) groups is 1. The van der Waals surface area contributed by atoms with E-state index in [2.05, 4.69) is 24.3 Å². The Morgan fingerprint density at radius 1 is 0.852 bits per heavy atom. The standard InChI is InChI=1S/C24H23NO2/c26-24(21-10-5-2-6-11-21)25-17-7-12-22(25)18-27-23-15-13-20(14-16-23)19-8-3-1-4-9-19/h1-6,8-11,13-16,22H,7,12,17-18H2/t22-/m0/s1. The molecule has 0 aromatic heterocycles. The third kappa shape index (κ3) is 4.03. The Hall–Kier alpha value is -3.07. The van der Waals surface area contributed by atoms with Gasteiger partial charge in [-0.2, -0.15) is 0 Å². The number of nitrogens with zero attached hydrogens (tertiary/aromatic N) is 1. The van der Waals surface area contributed by atoms with Crippen LogP contribution in [0.25, 0.3) is 11.1 Å². The number of benzene rings is 3. The van der Waals surface area contributed by atoms with E-state index in [9.17, 15) is 4.79 Å². The van der Waals surface area contributed by atoms with Gasteiger partial charge in [-0.1, -0.05) is 60.7 Å². The molecule has 4 rings (SSSR count). The molecule has 1 heterocycles. The summed E-state index contributed by atoms with van der Waals surface area (Å²) in [7, 11) is 0. The average molecular weight is 357 g/mol. The summed E-state index contributed by atoms with van der Waals surface area (Å²) in [6.45, 7) is 1.33. The lowest BCUT2D eigenvalue weighted by molar-refractivity contribution is 0.0691. The smallest absolute Gasteiger partial charge is 0.254 e. The van der Waals surface area contributed by atoms with Gasteiger partial charge in [-0.05, 0) is 48.2 Å². The highest BCUT2D eigenvalue weighted by Crippen LogP contribution is 2.24. The number of hydrogen-bond donors (Lipinski definition) is 0. The van der Waals surface area contributed by atoms with Crippen molar-refractivity contribution in [2.75, 3.05) is 13.2 Å². The topological polar surface area (TPSA) is 29.5 Å². The van der Waals surface area contributed by atoms with Gasteiger partial charge in [0.25, 0.3) is 5.91 Å². The molecule has 0 bridgehead atoms. The fraction of sp³-hybridized carbons (Fsp3) is 0.208. The van der Waals surface area contributed by atoms with Crippen LogP contribution in [-0.2, 0) is 0 Å². The molecule has 3 nitrogen and oxygen atoms in total. The Balaban J connectivity index is 1.38. The molecule has 1 aliphatic heterocycles. The minimum atomic E-state index is 0.0983. The maximum absolute atomic E-state index is 12.7. The van der Waals surface area contributed by atoms with Crippen LogP contribution in [0.15, 0.2) is 84.9 Å². The van der Waals surface area contributed by atoms with Crippen LogP contribution in [-0.4, -0.2) is 30.0 Å². The van der Waals surface area contributed by atoms with Crippen molar-refractivity contribution < 1.29 is 9.53 Å². The SMILES string of the molecule is O=C(c1ccccc1)N1CCC[C@H]1COc1ccc(-c2ccccc2)cc1. The van der Waals surface area contributed by atoms with Crippen molar-refractivity contribution in [2.24, 2.45) is 0 Å². The first-order chi connectivity index (χ1) is 13.3. The first kappa shape index (κ1) is 17.3. The molecule has 3 heteroatoms. The van der Waals surface area contributed by atoms with Gasteiger partial charge in [0.15, 0.2) is 0 Å². The van der Waals surface area contributed by atoms with Gasteiger partial charge < -0.3 is 9.64 Å². The molecule has 1 fully saturated rings. The summed E-state index contributed by atoms with van der Waals surface area (Å²) >= 11 is 0. The van der Waals surface area contributed by atoms with Gasteiger partial charge in [-0.15, -0.1) is 0 Å². The van der Waals surface area contributed by atoms with Gasteiger partial charge in [0, 0.05) is 12.1 Å². The summed E-state index contributed by atoms with van der Waals surface area (Å²) < 4.78 is 6.00. The first-order valence-corrected chi connectivity index (χ1v) is 9.45. The molecular formula is C24H23NO2. The average Bonchev–Trinajstić information content (AvgIpc) is 3.22. The molecule has 0 spiro atoms. The second-order valence-corrected chi connectivity index (χ2v) is 6.86. The van der Waals surface area contributed by atoms with E-state index in [0.717, 1.165) is 30.7 Å². The van der Waals surface area contributed by atoms with Crippen molar-refractivity contribution in [3.05, 3.63) is 90.5 Å². The molecule has 27 heavy (non-hydrogen) atoms. The number of carbonyl (C=O) groups excluding carboxylic acids is 1. The molecule has 0 radical (unpaired) electrons. The second kappa shape index (κ2) is 8.09. The quantitative estimate of drug-likeness (QED) is 0.640. The van der Waals surface area contributed by atoms with Crippen LogP contribution in [0.2, 0.25) is 0 Å². The molecule has 136 valence electrons. The van der Waals surface area contributed by atoms with Gasteiger partial charge in [-0.25, -0.2) is 0 Å². The maximum atomic E-state index is 12.7. The molecule has 0 aliphatic carbocycles. The third-order valence-corrected chi connectivity index (χ3v) is 5.06. The van der Waals surface area contributed by atoms with Crippen molar-refractivity contribution in [3.8, 4) is 16.9 Å². The lowest BCUT2D eigenvalue weighted by Gasteiger charge is -2.25. The van der Waals surface area contributed by atoms with Crippen molar-refractivity contribution in [1.29, 1.82) is 0 Å². The van der Waals surface area contributed by atoms with Crippen molar-refractivity contribution in [2.45, 2.75) is 18.9 Å². The first-order valence-electron chi connectivity index (χ1n) is 9.45. The number of hydrogen-bond acceptors (Lipinski definition) is 2. The normalized spacial score (nSPS) is 16.3. The number of rotatable bonds is 5. The van der Waals surface area contributed by atoms with E-state index in [4.69, 9.17) is 4.74 Å². The predicted octanol–water partition coefficient (Wildman–Crippen LogP) is 5.04. The third-order valence-electron chi connectivity index (χ3n) is 5.06. The molecule has 3 aromatic carbocycles. The lowest BCUT2D eigenvalue weighted by atomic mass is 10.1. The molecule has 1 atom stereocenters. The molecule has 1 saturated heterocycles. The van der Waals surface area contributed by atoms with E-state index < -0.39 is 0 Å². The van der Waals surface area contributed by atoms with Crippen LogP contribution in [0.3, 0.4) is 0 Å². The van der Waals surface area contributed by atoms with Crippen LogP contribution in [0.1, 0.15) is 23.2 Å². The molecule has 0 saturated carbocycles. The highest BCUT2D eigenvalue weighted by Gasteiger charge is 2.29. The largest absolute Gasteiger partial charge is 0.491 e. The van der Waals surface area contributed by atoms with Gasteiger partial charge in [-0.3, -0.25) is 4.79 Å². The highest BCUT2D eigenvalue weighted by molar-refractivity contribution is 5.94. The summed E-state index contributed by atoms with van der Waals surface area (Å²) in [6, 6.07) is 28.1. The number of amides is 1. The number of likely N-dealkylation sites (tertiary alicyclic amines) is 1. The van der Waals surface area contributed by atoms with E-state index in [1.54, 1.807) is 0 Å².